The topological polar surface area (TPSA) is 79.5 Å². The van der Waals surface area contributed by atoms with Gasteiger partial charge in [0.15, 0.2) is 5.11 Å². The van der Waals surface area contributed by atoms with Gasteiger partial charge in [0.25, 0.3) is 5.91 Å². The predicted octanol–water partition coefficient (Wildman–Crippen LogP) is 3.75. The van der Waals surface area contributed by atoms with Gasteiger partial charge in [-0.25, -0.2) is 0 Å². The first kappa shape index (κ1) is 22.1. The van der Waals surface area contributed by atoms with Crippen molar-refractivity contribution < 1.29 is 14.3 Å². The average molecular weight is 412 g/mol. The molecule has 0 aromatic heterocycles. The summed E-state index contributed by atoms with van der Waals surface area (Å²) in [5, 5.41) is 8.51. The van der Waals surface area contributed by atoms with E-state index in [2.05, 4.69) is 16.0 Å². The van der Waals surface area contributed by atoms with Gasteiger partial charge in [-0.3, -0.25) is 14.9 Å². The second-order valence-electron chi connectivity index (χ2n) is 6.35. The van der Waals surface area contributed by atoms with Gasteiger partial charge >= 0.3 is 0 Å². The van der Waals surface area contributed by atoms with E-state index in [1.54, 1.807) is 37.5 Å². The number of rotatable bonds is 7. The van der Waals surface area contributed by atoms with Crippen LogP contribution in [-0.2, 0) is 4.79 Å². The standard InChI is InChI=1S/C22H25N3O3S/c1-4-15(2)23-21(27)17-10-6-7-11-18(17)24-22(29)25-20(26)14-13-16-9-5-8-12-19(16)28-3/h5-15H,4H2,1-3H3,(H,23,27)(H2,24,25,26,29)/b14-13+. The minimum atomic E-state index is -0.394. The zero-order valence-corrected chi connectivity index (χ0v) is 17.5. The van der Waals surface area contributed by atoms with Crippen LogP contribution in [-0.4, -0.2) is 30.1 Å². The smallest absolute Gasteiger partial charge is 0.253 e. The van der Waals surface area contributed by atoms with Crippen LogP contribution in [0.4, 0.5) is 5.69 Å². The third-order valence-corrected chi connectivity index (χ3v) is 4.40. The molecule has 0 saturated carbocycles. The van der Waals surface area contributed by atoms with Gasteiger partial charge in [-0.2, -0.15) is 0 Å². The first-order valence-electron chi connectivity index (χ1n) is 9.27. The van der Waals surface area contributed by atoms with Gasteiger partial charge in [-0.15, -0.1) is 0 Å². The highest BCUT2D eigenvalue weighted by atomic mass is 32.1. The largest absolute Gasteiger partial charge is 0.496 e. The fourth-order valence-electron chi connectivity index (χ4n) is 2.47. The molecule has 0 fully saturated rings. The van der Waals surface area contributed by atoms with E-state index in [0.29, 0.717) is 17.0 Å². The van der Waals surface area contributed by atoms with Crippen molar-refractivity contribution in [2.24, 2.45) is 0 Å². The number of nitrogens with one attached hydrogen (secondary N) is 3. The first-order chi connectivity index (χ1) is 13.9. The molecule has 0 aliphatic heterocycles. The third-order valence-electron chi connectivity index (χ3n) is 4.20. The average Bonchev–Trinajstić information content (AvgIpc) is 2.72. The summed E-state index contributed by atoms with van der Waals surface area (Å²) in [6, 6.07) is 14.4. The lowest BCUT2D eigenvalue weighted by molar-refractivity contribution is -0.115. The zero-order chi connectivity index (χ0) is 21.2. The molecule has 2 amide bonds. The Kier molecular flexibility index (Phi) is 8.36. The number of carbonyl (C=O) groups excluding carboxylic acids is 2. The van der Waals surface area contributed by atoms with Crippen LogP contribution in [0.2, 0.25) is 0 Å². The Morgan fingerprint density at radius 3 is 2.55 bits per heavy atom. The molecule has 0 spiro atoms. The molecule has 2 aromatic carbocycles. The molecule has 0 aliphatic rings. The molecule has 0 bridgehead atoms. The number of ether oxygens (including phenoxy) is 1. The quantitative estimate of drug-likeness (QED) is 0.478. The molecule has 2 aromatic rings. The number of benzene rings is 2. The van der Waals surface area contributed by atoms with Gasteiger partial charge in [0.1, 0.15) is 5.75 Å². The summed E-state index contributed by atoms with van der Waals surface area (Å²) in [5.41, 5.74) is 1.75. The van der Waals surface area contributed by atoms with Crippen LogP contribution >= 0.6 is 12.2 Å². The Balaban J connectivity index is 2.01. The van der Waals surface area contributed by atoms with E-state index in [0.717, 1.165) is 12.0 Å². The third kappa shape index (κ3) is 6.73. The van der Waals surface area contributed by atoms with E-state index < -0.39 is 5.91 Å². The minimum Gasteiger partial charge on any atom is -0.496 e. The second kappa shape index (κ2) is 11.0. The van der Waals surface area contributed by atoms with Crippen LogP contribution in [0.25, 0.3) is 6.08 Å². The second-order valence-corrected chi connectivity index (χ2v) is 6.76. The molecule has 152 valence electrons. The number of para-hydroxylation sites is 2. The van der Waals surface area contributed by atoms with Crippen LogP contribution < -0.4 is 20.7 Å². The van der Waals surface area contributed by atoms with Crippen molar-refractivity contribution in [3.8, 4) is 5.75 Å². The normalized spacial score (nSPS) is 11.6. The molecule has 1 unspecified atom stereocenters. The molecule has 7 heteroatoms. The fourth-order valence-corrected chi connectivity index (χ4v) is 2.68. The van der Waals surface area contributed by atoms with Gasteiger partial charge in [-0.05, 0) is 49.8 Å². The maximum Gasteiger partial charge on any atom is 0.253 e. The van der Waals surface area contributed by atoms with Crippen molar-refractivity contribution in [1.82, 2.24) is 10.6 Å². The summed E-state index contributed by atoms with van der Waals surface area (Å²) in [6.07, 6.45) is 3.84. The van der Waals surface area contributed by atoms with Crippen LogP contribution in [0.1, 0.15) is 36.2 Å². The number of methoxy groups -OCH3 is 1. The SMILES string of the molecule is CCC(C)NC(=O)c1ccccc1NC(=S)NC(=O)/C=C/c1ccccc1OC. The van der Waals surface area contributed by atoms with E-state index >= 15 is 0 Å². The van der Waals surface area contributed by atoms with Crippen molar-refractivity contribution >= 4 is 40.9 Å². The summed E-state index contributed by atoms with van der Waals surface area (Å²) in [6.45, 7) is 3.94. The molecule has 2 rings (SSSR count). The summed E-state index contributed by atoms with van der Waals surface area (Å²) in [7, 11) is 1.57. The molecular formula is C22H25N3O3S. The van der Waals surface area contributed by atoms with Crippen molar-refractivity contribution in [2.45, 2.75) is 26.3 Å². The number of hydrogen-bond acceptors (Lipinski definition) is 4. The molecule has 1 atom stereocenters. The highest BCUT2D eigenvalue weighted by Gasteiger charge is 2.14. The maximum absolute atomic E-state index is 12.5. The summed E-state index contributed by atoms with van der Waals surface area (Å²) < 4.78 is 5.25. The van der Waals surface area contributed by atoms with E-state index in [1.165, 1.54) is 6.08 Å². The Morgan fingerprint density at radius 2 is 1.83 bits per heavy atom. The monoisotopic (exact) mass is 411 g/mol. The molecule has 0 aliphatic carbocycles. The fraction of sp³-hybridized carbons (Fsp3) is 0.227. The van der Waals surface area contributed by atoms with Crippen molar-refractivity contribution in [1.29, 1.82) is 0 Å². The molecule has 0 heterocycles. The van der Waals surface area contributed by atoms with Crippen LogP contribution in [0.15, 0.2) is 54.6 Å². The lowest BCUT2D eigenvalue weighted by atomic mass is 10.1. The molecule has 0 saturated heterocycles. The Morgan fingerprint density at radius 1 is 1.14 bits per heavy atom. The highest BCUT2D eigenvalue weighted by molar-refractivity contribution is 7.80. The lowest BCUT2D eigenvalue weighted by Crippen LogP contribution is -2.35. The summed E-state index contributed by atoms with van der Waals surface area (Å²) in [4.78, 5) is 24.6. The number of amides is 2. The maximum atomic E-state index is 12.5. The number of thiocarbonyl (C=S) groups is 1. The van der Waals surface area contributed by atoms with Gasteiger partial charge in [-0.1, -0.05) is 37.3 Å². The van der Waals surface area contributed by atoms with Crippen molar-refractivity contribution in [3.05, 3.63) is 65.7 Å². The van der Waals surface area contributed by atoms with Gasteiger partial charge in [0, 0.05) is 17.7 Å². The van der Waals surface area contributed by atoms with Gasteiger partial charge in [0.2, 0.25) is 5.91 Å². The molecule has 3 N–H and O–H groups in total. The molecular weight excluding hydrogens is 386 g/mol. The Hall–Kier alpha value is -3.19. The van der Waals surface area contributed by atoms with Crippen molar-refractivity contribution in [2.75, 3.05) is 12.4 Å². The lowest BCUT2D eigenvalue weighted by Gasteiger charge is -2.15. The Labute approximate surface area is 176 Å². The zero-order valence-electron chi connectivity index (χ0n) is 16.7. The summed E-state index contributed by atoms with van der Waals surface area (Å²) in [5.74, 6) is 0.0705. The van der Waals surface area contributed by atoms with E-state index in [-0.39, 0.29) is 17.1 Å². The first-order valence-corrected chi connectivity index (χ1v) is 9.68. The highest BCUT2D eigenvalue weighted by Crippen LogP contribution is 2.18. The minimum absolute atomic E-state index is 0.0577. The van der Waals surface area contributed by atoms with E-state index in [9.17, 15) is 9.59 Å². The van der Waals surface area contributed by atoms with E-state index in [4.69, 9.17) is 17.0 Å². The summed E-state index contributed by atoms with van der Waals surface area (Å²) >= 11 is 5.22. The number of carbonyl (C=O) groups is 2. The Bertz CT molecular complexity index is 912. The van der Waals surface area contributed by atoms with Gasteiger partial charge in [0.05, 0.1) is 18.4 Å². The van der Waals surface area contributed by atoms with Crippen LogP contribution in [0, 0.1) is 0 Å². The molecule has 6 nitrogen and oxygen atoms in total. The van der Waals surface area contributed by atoms with E-state index in [1.807, 2.05) is 38.1 Å². The predicted molar refractivity (Wildman–Crippen MR) is 120 cm³/mol. The molecule has 29 heavy (non-hydrogen) atoms. The van der Waals surface area contributed by atoms with Crippen LogP contribution in [0.3, 0.4) is 0 Å². The molecule has 0 radical (unpaired) electrons. The van der Waals surface area contributed by atoms with Gasteiger partial charge < -0.3 is 15.4 Å². The number of hydrogen-bond donors (Lipinski definition) is 3. The number of anilines is 1. The van der Waals surface area contributed by atoms with Crippen molar-refractivity contribution in [3.63, 3.8) is 0 Å². The van der Waals surface area contributed by atoms with Crippen LogP contribution in [0.5, 0.6) is 5.75 Å².